The average molecular weight is 311 g/mol. The lowest BCUT2D eigenvalue weighted by Gasteiger charge is -2.15. The molecule has 1 aliphatic rings. The van der Waals surface area contributed by atoms with Crippen LogP contribution in [0.25, 0.3) is 11.0 Å². The number of rotatable bonds is 2. The molecule has 1 aromatic heterocycles. The van der Waals surface area contributed by atoms with Crippen molar-refractivity contribution < 1.29 is 23.0 Å². The summed E-state index contributed by atoms with van der Waals surface area (Å²) in [6.45, 7) is -0.295. The highest BCUT2D eigenvalue weighted by atomic mass is 32.2. The van der Waals surface area contributed by atoms with Crippen LogP contribution in [0.2, 0.25) is 0 Å². The lowest BCUT2D eigenvalue weighted by molar-refractivity contribution is 0.0572. The van der Waals surface area contributed by atoms with Crippen molar-refractivity contribution >= 4 is 21.0 Å². The van der Waals surface area contributed by atoms with Crippen LogP contribution in [0.4, 0.5) is 0 Å². The minimum absolute atomic E-state index is 0.0187. The molecular weight excluding hydrogens is 298 g/mol. The van der Waals surface area contributed by atoms with E-state index in [4.69, 9.17) is 4.42 Å². The largest absolute Gasteiger partial charge is 0.423 e. The fourth-order valence-electron chi connectivity index (χ4n) is 2.29. The summed E-state index contributed by atoms with van der Waals surface area (Å²) >= 11 is 0. The molecule has 2 heterocycles. The maximum absolute atomic E-state index is 12.4. The Morgan fingerprint density at radius 3 is 2.43 bits per heavy atom. The Morgan fingerprint density at radius 1 is 1.10 bits per heavy atom. The molecule has 0 aliphatic carbocycles. The molecule has 1 aromatic carbocycles. The number of β-amino-alcohol motifs (C(OH)–C–C–N with tert-alkyl or cyclic N) is 2. The average Bonchev–Trinajstić information content (AvgIpc) is 2.78. The van der Waals surface area contributed by atoms with E-state index in [1.807, 2.05) is 0 Å². The van der Waals surface area contributed by atoms with Gasteiger partial charge < -0.3 is 14.6 Å². The third-order valence-electron chi connectivity index (χ3n) is 3.45. The van der Waals surface area contributed by atoms with Crippen molar-refractivity contribution in [3.63, 3.8) is 0 Å². The van der Waals surface area contributed by atoms with Gasteiger partial charge in [0.05, 0.1) is 17.1 Å². The number of aliphatic hydroxyl groups is 2. The zero-order chi connectivity index (χ0) is 15.2. The van der Waals surface area contributed by atoms with Gasteiger partial charge in [-0.25, -0.2) is 13.2 Å². The molecule has 2 N–H and O–H groups in total. The van der Waals surface area contributed by atoms with Crippen LogP contribution in [0.5, 0.6) is 0 Å². The van der Waals surface area contributed by atoms with E-state index in [1.165, 1.54) is 30.3 Å². The van der Waals surface area contributed by atoms with E-state index in [9.17, 15) is 23.4 Å². The van der Waals surface area contributed by atoms with Crippen molar-refractivity contribution in [3.05, 3.63) is 40.8 Å². The molecule has 21 heavy (non-hydrogen) atoms. The second-order valence-corrected chi connectivity index (χ2v) is 6.85. The van der Waals surface area contributed by atoms with E-state index in [0.717, 1.165) is 4.31 Å². The van der Waals surface area contributed by atoms with E-state index < -0.39 is 27.9 Å². The second-order valence-electron chi connectivity index (χ2n) is 4.91. The van der Waals surface area contributed by atoms with Crippen molar-refractivity contribution in [3.8, 4) is 0 Å². The smallest absolute Gasteiger partial charge is 0.336 e. The number of hydrogen-bond donors (Lipinski definition) is 2. The number of fused-ring (bicyclic) bond motifs is 1. The minimum atomic E-state index is -3.81. The van der Waals surface area contributed by atoms with Gasteiger partial charge in [-0.2, -0.15) is 4.31 Å². The zero-order valence-electron chi connectivity index (χ0n) is 10.8. The second kappa shape index (κ2) is 4.92. The first-order chi connectivity index (χ1) is 9.88. The van der Waals surface area contributed by atoms with Crippen LogP contribution in [-0.4, -0.2) is 48.2 Å². The van der Waals surface area contributed by atoms with Crippen molar-refractivity contribution in [1.82, 2.24) is 4.31 Å². The maximum Gasteiger partial charge on any atom is 0.336 e. The van der Waals surface area contributed by atoms with Crippen molar-refractivity contribution in [1.29, 1.82) is 0 Å². The fourth-order valence-corrected chi connectivity index (χ4v) is 3.80. The van der Waals surface area contributed by atoms with Gasteiger partial charge in [0, 0.05) is 24.5 Å². The summed E-state index contributed by atoms with van der Waals surface area (Å²) in [5.41, 5.74) is -0.216. The normalized spacial score (nSPS) is 23.7. The summed E-state index contributed by atoms with van der Waals surface area (Å²) in [4.78, 5) is 11.1. The molecule has 1 aliphatic heterocycles. The highest BCUT2D eigenvalue weighted by molar-refractivity contribution is 7.89. The number of benzene rings is 1. The van der Waals surface area contributed by atoms with Gasteiger partial charge >= 0.3 is 5.63 Å². The van der Waals surface area contributed by atoms with Crippen LogP contribution in [-0.2, 0) is 10.0 Å². The lowest BCUT2D eigenvalue weighted by Crippen LogP contribution is -2.29. The van der Waals surface area contributed by atoms with Gasteiger partial charge in [0.2, 0.25) is 10.0 Å². The van der Waals surface area contributed by atoms with Crippen LogP contribution >= 0.6 is 0 Å². The summed E-state index contributed by atoms with van der Waals surface area (Å²) in [5.74, 6) is 0. The lowest BCUT2D eigenvalue weighted by atomic mass is 10.2. The molecule has 7 nitrogen and oxygen atoms in total. The molecular formula is C13H13NO6S. The van der Waals surface area contributed by atoms with E-state index >= 15 is 0 Å². The maximum atomic E-state index is 12.4. The SMILES string of the molecule is O=c1ccc2cc(S(=O)(=O)N3CC(O)C(O)C3)ccc2o1. The van der Waals surface area contributed by atoms with E-state index in [2.05, 4.69) is 0 Å². The molecule has 112 valence electrons. The molecule has 0 bridgehead atoms. The first kappa shape index (κ1) is 14.2. The molecule has 0 spiro atoms. The van der Waals surface area contributed by atoms with Gasteiger partial charge in [0.15, 0.2) is 0 Å². The van der Waals surface area contributed by atoms with Crippen LogP contribution in [0.3, 0.4) is 0 Å². The van der Waals surface area contributed by atoms with Gasteiger partial charge in [-0.15, -0.1) is 0 Å². The van der Waals surface area contributed by atoms with Gasteiger partial charge in [-0.05, 0) is 24.3 Å². The van der Waals surface area contributed by atoms with Crippen molar-refractivity contribution in [2.45, 2.75) is 17.1 Å². The molecule has 0 radical (unpaired) electrons. The Hall–Kier alpha value is -1.74. The Bertz CT molecular complexity index is 833. The molecule has 1 fully saturated rings. The molecule has 8 heteroatoms. The Labute approximate surface area is 120 Å². The standard InChI is InChI=1S/C13H13NO6S/c15-10-6-14(7-11(10)16)21(18,19)9-2-3-12-8(5-9)1-4-13(17)20-12/h1-5,10-11,15-16H,6-7H2. The number of sulfonamides is 1. The van der Waals surface area contributed by atoms with E-state index in [-0.39, 0.29) is 18.0 Å². The zero-order valence-corrected chi connectivity index (χ0v) is 11.7. The minimum Gasteiger partial charge on any atom is -0.423 e. The molecule has 0 saturated carbocycles. The fraction of sp³-hybridized carbons (Fsp3) is 0.308. The Kier molecular flexibility index (Phi) is 3.33. The van der Waals surface area contributed by atoms with E-state index in [0.29, 0.717) is 11.0 Å². The highest BCUT2D eigenvalue weighted by Crippen LogP contribution is 2.24. The number of hydrogen-bond acceptors (Lipinski definition) is 6. The predicted molar refractivity (Wildman–Crippen MR) is 73.3 cm³/mol. The molecule has 1 saturated heterocycles. The van der Waals surface area contributed by atoms with Gasteiger partial charge in [0.1, 0.15) is 5.58 Å². The van der Waals surface area contributed by atoms with Gasteiger partial charge in [-0.3, -0.25) is 0 Å². The molecule has 2 unspecified atom stereocenters. The van der Waals surface area contributed by atoms with Crippen LogP contribution in [0.15, 0.2) is 44.4 Å². The van der Waals surface area contributed by atoms with Gasteiger partial charge in [0.25, 0.3) is 0 Å². The summed E-state index contributed by atoms with van der Waals surface area (Å²) in [6, 6.07) is 6.82. The molecule has 3 rings (SSSR count). The molecule has 2 aromatic rings. The quantitative estimate of drug-likeness (QED) is 0.725. The number of aliphatic hydroxyl groups excluding tert-OH is 2. The molecule has 0 amide bonds. The topological polar surface area (TPSA) is 108 Å². The predicted octanol–water partition coefficient (Wildman–Crippen LogP) is -0.481. The van der Waals surface area contributed by atoms with Gasteiger partial charge in [-0.1, -0.05) is 0 Å². The van der Waals surface area contributed by atoms with Crippen LogP contribution in [0.1, 0.15) is 0 Å². The first-order valence-corrected chi connectivity index (χ1v) is 7.72. The third kappa shape index (κ3) is 2.46. The van der Waals surface area contributed by atoms with Crippen LogP contribution < -0.4 is 5.63 Å². The third-order valence-corrected chi connectivity index (χ3v) is 5.28. The van der Waals surface area contributed by atoms with E-state index in [1.54, 1.807) is 0 Å². The summed E-state index contributed by atoms with van der Waals surface area (Å²) < 4.78 is 30.9. The van der Waals surface area contributed by atoms with Crippen molar-refractivity contribution in [2.24, 2.45) is 0 Å². The Balaban J connectivity index is 2.03. The summed E-state index contributed by atoms with van der Waals surface area (Å²) in [6.07, 6.45) is -2.17. The Morgan fingerprint density at radius 2 is 1.76 bits per heavy atom. The summed E-state index contributed by atoms with van der Waals surface area (Å²) in [7, 11) is -3.81. The van der Waals surface area contributed by atoms with Crippen molar-refractivity contribution in [2.75, 3.05) is 13.1 Å². The first-order valence-electron chi connectivity index (χ1n) is 6.28. The number of nitrogens with zero attached hydrogens (tertiary/aromatic N) is 1. The van der Waals surface area contributed by atoms with Crippen LogP contribution in [0, 0.1) is 0 Å². The molecule has 2 atom stereocenters. The monoisotopic (exact) mass is 311 g/mol. The summed E-state index contributed by atoms with van der Waals surface area (Å²) in [5, 5.41) is 19.4. The highest BCUT2D eigenvalue weighted by Gasteiger charge is 2.37.